The van der Waals surface area contributed by atoms with Crippen LogP contribution in [0.5, 0.6) is 5.75 Å². The Labute approximate surface area is 188 Å². The first kappa shape index (κ1) is 22.3. The van der Waals surface area contributed by atoms with Crippen molar-refractivity contribution < 1.29 is 17.9 Å². The van der Waals surface area contributed by atoms with Crippen molar-refractivity contribution in [1.29, 1.82) is 0 Å². The molecular formula is C23H28N4O4S. The lowest BCUT2D eigenvalue weighted by Crippen LogP contribution is -2.43. The molecule has 1 saturated heterocycles. The number of para-hydroxylation sites is 2. The Balaban J connectivity index is 1.35. The van der Waals surface area contributed by atoms with E-state index in [1.54, 1.807) is 24.3 Å². The molecule has 8 nitrogen and oxygen atoms in total. The number of rotatable bonds is 7. The van der Waals surface area contributed by atoms with Gasteiger partial charge in [-0.15, -0.1) is 0 Å². The average Bonchev–Trinajstić information content (AvgIpc) is 3.20. The fourth-order valence-corrected chi connectivity index (χ4v) is 5.65. The summed E-state index contributed by atoms with van der Waals surface area (Å²) >= 11 is 0. The van der Waals surface area contributed by atoms with Crippen molar-refractivity contribution in [3.05, 3.63) is 54.4 Å². The smallest absolute Gasteiger partial charge is 0.243 e. The molecule has 1 N–H and O–H groups in total. The van der Waals surface area contributed by atoms with Gasteiger partial charge < -0.3 is 14.6 Å². The van der Waals surface area contributed by atoms with E-state index < -0.39 is 10.0 Å². The molecule has 9 heteroatoms. The summed E-state index contributed by atoms with van der Waals surface area (Å²) in [5.74, 6) is 1.16. The molecular weight excluding hydrogens is 428 g/mol. The third-order valence-electron chi connectivity index (χ3n) is 5.99. The highest BCUT2D eigenvalue weighted by Crippen LogP contribution is 2.25. The van der Waals surface area contributed by atoms with Crippen LogP contribution in [0.3, 0.4) is 0 Å². The van der Waals surface area contributed by atoms with Crippen molar-refractivity contribution in [2.75, 3.05) is 20.2 Å². The van der Waals surface area contributed by atoms with E-state index in [-0.39, 0.29) is 16.7 Å². The van der Waals surface area contributed by atoms with Crippen LogP contribution in [-0.4, -0.2) is 48.4 Å². The summed E-state index contributed by atoms with van der Waals surface area (Å²) in [5, 5.41) is 3.00. The van der Waals surface area contributed by atoms with Gasteiger partial charge in [-0.2, -0.15) is 4.31 Å². The molecule has 2 aromatic carbocycles. The number of aryl methyl sites for hydroxylation is 1. The number of piperidine rings is 1. The second-order valence-electron chi connectivity index (χ2n) is 7.83. The number of methoxy groups -OCH3 is 1. The summed E-state index contributed by atoms with van der Waals surface area (Å²) in [7, 11) is -2.04. The highest BCUT2D eigenvalue weighted by Gasteiger charge is 2.32. The van der Waals surface area contributed by atoms with E-state index >= 15 is 0 Å². The normalized spacial score (nSPS) is 15.7. The van der Waals surface area contributed by atoms with Crippen molar-refractivity contribution in [3.63, 3.8) is 0 Å². The van der Waals surface area contributed by atoms with E-state index in [1.165, 1.54) is 11.4 Å². The zero-order chi connectivity index (χ0) is 22.7. The maximum Gasteiger partial charge on any atom is 0.243 e. The molecule has 1 aromatic heterocycles. The van der Waals surface area contributed by atoms with Gasteiger partial charge in [-0.3, -0.25) is 4.79 Å². The van der Waals surface area contributed by atoms with Crippen LogP contribution in [0, 0.1) is 5.92 Å². The second-order valence-corrected chi connectivity index (χ2v) is 9.77. The number of carbonyl (C=O) groups is 1. The van der Waals surface area contributed by atoms with Gasteiger partial charge in [-0.25, -0.2) is 13.4 Å². The van der Waals surface area contributed by atoms with Crippen LogP contribution in [0.1, 0.15) is 25.6 Å². The second kappa shape index (κ2) is 9.30. The fraction of sp³-hybridized carbons (Fsp3) is 0.391. The highest BCUT2D eigenvalue weighted by molar-refractivity contribution is 7.89. The molecule has 3 aromatic rings. The predicted octanol–water partition coefficient (Wildman–Crippen LogP) is 2.78. The topological polar surface area (TPSA) is 93.5 Å². The first-order chi connectivity index (χ1) is 15.4. The number of hydrogen-bond acceptors (Lipinski definition) is 5. The monoisotopic (exact) mass is 456 g/mol. The third kappa shape index (κ3) is 4.35. The molecule has 1 amide bonds. The lowest BCUT2D eigenvalue weighted by Gasteiger charge is -2.30. The maximum absolute atomic E-state index is 12.9. The molecule has 0 atom stereocenters. The maximum atomic E-state index is 12.9. The molecule has 0 bridgehead atoms. The van der Waals surface area contributed by atoms with E-state index in [0.29, 0.717) is 38.2 Å². The SMILES string of the molecule is CCn1c(CNC(=O)C2CCN(S(=O)(=O)c3ccc(OC)cc3)CC2)nc2ccccc21. The van der Waals surface area contributed by atoms with E-state index in [4.69, 9.17) is 4.74 Å². The molecule has 0 spiro atoms. The fourth-order valence-electron chi connectivity index (χ4n) is 4.18. The summed E-state index contributed by atoms with van der Waals surface area (Å²) in [6.45, 7) is 3.82. The van der Waals surface area contributed by atoms with Crippen LogP contribution in [0.15, 0.2) is 53.4 Å². The van der Waals surface area contributed by atoms with Crippen molar-refractivity contribution >= 4 is 27.0 Å². The van der Waals surface area contributed by atoms with E-state index in [2.05, 4.69) is 21.8 Å². The van der Waals surface area contributed by atoms with Gasteiger partial charge in [-0.05, 0) is 56.2 Å². The summed E-state index contributed by atoms with van der Waals surface area (Å²) in [4.78, 5) is 17.6. The van der Waals surface area contributed by atoms with Gasteiger partial charge in [0, 0.05) is 25.6 Å². The number of benzene rings is 2. The molecule has 1 aliphatic rings. The Morgan fingerprint density at radius 1 is 1.12 bits per heavy atom. The van der Waals surface area contributed by atoms with E-state index in [0.717, 1.165) is 23.4 Å². The molecule has 4 rings (SSSR count). The number of carbonyl (C=O) groups excluding carboxylic acids is 1. The number of aromatic nitrogens is 2. The van der Waals surface area contributed by atoms with Crippen LogP contribution in [-0.2, 0) is 27.9 Å². The number of imidazole rings is 1. The zero-order valence-electron chi connectivity index (χ0n) is 18.3. The van der Waals surface area contributed by atoms with Gasteiger partial charge in [0.15, 0.2) is 0 Å². The van der Waals surface area contributed by atoms with Crippen LogP contribution < -0.4 is 10.1 Å². The molecule has 32 heavy (non-hydrogen) atoms. The molecule has 1 fully saturated rings. The summed E-state index contributed by atoms with van der Waals surface area (Å²) in [6.07, 6.45) is 0.983. The van der Waals surface area contributed by atoms with Crippen LogP contribution >= 0.6 is 0 Å². The van der Waals surface area contributed by atoms with Gasteiger partial charge >= 0.3 is 0 Å². The number of amides is 1. The minimum Gasteiger partial charge on any atom is -0.497 e. The molecule has 2 heterocycles. The van der Waals surface area contributed by atoms with Gasteiger partial charge in [0.2, 0.25) is 15.9 Å². The zero-order valence-corrected chi connectivity index (χ0v) is 19.1. The molecule has 0 saturated carbocycles. The number of nitrogens with one attached hydrogen (secondary N) is 1. The van der Waals surface area contributed by atoms with E-state index in [1.807, 2.05) is 24.3 Å². The number of hydrogen-bond donors (Lipinski definition) is 1. The summed E-state index contributed by atoms with van der Waals surface area (Å²) in [5.41, 5.74) is 1.96. The van der Waals surface area contributed by atoms with Gasteiger partial charge in [0.25, 0.3) is 0 Å². The minimum atomic E-state index is -3.58. The Morgan fingerprint density at radius 2 is 1.81 bits per heavy atom. The number of ether oxygens (including phenoxy) is 1. The minimum absolute atomic E-state index is 0.0544. The first-order valence-corrected chi connectivity index (χ1v) is 12.2. The Kier molecular flexibility index (Phi) is 6.48. The number of fused-ring (bicyclic) bond motifs is 1. The lowest BCUT2D eigenvalue weighted by molar-refractivity contribution is -0.126. The molecule has 0 unspecified atom stereocenters. The quantitative estimate of drug-likeness (QED) is 0.590. The molecule has 170 valence electrons. The first-order valence-electron chi connectivity index (χ1n) is 10.8. The number of sulfonamides is 1. The Hall–Kier alpha value is -2.91. The van der Waals surface area contributed by atoms with Crippen molar-refractivity contribution in [2.24, 2.45) is 5.92 Å². The Bertz CT molecular complexity index is 1200. The lowest BCUT2D eigenvalue weighted by atomic mass is 9.97. The van der Waals surface area contributed by atoms with Crippen LogP contribution in [0.4, 0.5) is 0 Å². The molecule has 0 radical (unpaired) electrons. The predicted molar refractivity (Wildman–Crippen MR) is 122 cm³/mol. The number of nitrogens with zero attached hydrogens (tertiary/aromatic N) is 3. The van der Waals surface area contributed by atoms with E-state index in [9.17, 15) is 13.2 Å². The van der Waals surface area contributed by atoms with Gasteiger partial charge in [-0.1, -0.05) is 12.1 Å². The molecule has 0 aliphatic carbocycles. The van der Waals surface area contributed by atoms with Gasteiger partial charge in [0.1, 0.15) is 11.6 Å². The van der Waals surface area contributed by atoms with Gasteiger partial charge in [0.05, 0.1) is 29.6 Å². The third-order valence-corrected chi connectivity index (χ3v) is 7.91. The Morgan fingerprint density at radius 3 is 2.47 bits per heavy atom. The summed E-state index contributed by atoms with van der Waals surface area (Å²) < 4.78 is 34.5. The van der Waals surface area contributed by atoms with Crippen molar-refractivity contribution in [2.45, 2.75) is 37.8 Å². The van der Waals surface area contributed by atoms with Crippen LogP contribution in [0.2, 0.25) is 0 Å². The molecule has 1 aliphatic heterocycles. The standard InChI is InChI=1S/C23H28N4O4S/c1-3-27-21-7-5-4-6-20(21)25-22(27)16-24-23(28)17-12-14-26(15-13-17)32(29,30)19-10-8-18(31-2)9-11-19/h4-11,17H,3,12-16H2,1-2H3,(H,24,28). The van der Waals surface area contributed by atoms with Crippen LogP contribution in [0.25, 0.3) is 11.0 Å². The average molecular weight is 457 g/mol. The summed E-state index contributed by atoms with van der Waals surface area (Å²) in [6, 6.07) is 14.3. The van der Waals surface area contributed by atoms with Crippen molar-refractivity contribution in [1.82, 2.24) is 19.2 Å². The highest BCUT2D eigenvalue weighted by atomic mass is 32.2. The van der Waals surface area contributed by atoms with Crippen molar-refractivity contribution in [3.8, 4) is 5.75 Å². The largest absolute Gasteiger partial charge is 0.497 e.